The van der Waals surface area contributed by atoms with Crippen LogP contribution in [0.4, 0.5) is 0 Å². The molecule has 0 aromatic carbocycles. The molecule has 1 aromatic rings. The van der Waals surface area contributed by atoms with Gasteiger partial charge in [-0.25, -0.2) is 0 Å². The Hall–Kier alpha value is -0.880. The quantitative estimate of drug-likeness (QED) is 0.502. The molecule has 0 radical (unpaired) electrons. The summed E-state index contributed by atoms with van der Waals surface area (Å²) in [4.78, 5) is 0. The Morgan fingerprint density at radius 2 is 1.23 bits per heavy atom. The van der Waals surface area contributed by atoms with E-state index in [9.17, 15) is 0 Å². The normalized spacial score (nSPS) is 9.23. The third kappa shape index (κ3) is 5.37. The fourth-order valence-corrected chi connectivity index (χ4v) is 0.592. The summed E-state index contributed by atoms with van der Waals surface area (Å²) in [5, 5.41) is 32.2. The van der Waals surface area contributed by atoms with Gasteiger partial charge in [0.1, 0.15) is 24.7 Å². The van der Waals surface area contributed by atoms with E-state index in [1.807, 2.05) is 0 Å². The first kappa shape index (κ1) is 12.1. The molecule has 5 heteroatoms. The lowest BCUT2D eigenvalue weighted by Gasteiger charge is -1.86. The molecule has 0 spiro atoms. The minimum absolute atomic E-state index is 0.111. The van der Waals surface area contributed by atoms with Crippen LogP contribution in [0, 0.1) is 0 Å². The van der Waals surface area contributed by atoms with Gasteiger partial charge in [0.2, 0.25) is 0 Å². The smallest absolute Gasteiger partial charge is 0.129 e. The largest absolute Gasteiger partial charge is 0.461 e. The Kier molecular flexibility index (Phi) is 7.23. The summed E-state index contributed by atoms with van der Waals surface area (Å²) < 4.78 is 4.88. The predicted molar refractivity (Wildman–Crippen MR) is 44.7 cm³/mol. The van der Waals surface area contributed by atoms with E-state index in [2.05, 4.69) is 0 Å². The highest BCUT2D eigenvalue weighted by molar-refractivity contribution is 5.04. The fourth-order valence-electron chi connectivity index (χ4n) is 0.592. The van der Waals surface area contributed by atoms with E-state index in [0.29, 0.717) is 11.5 Å². The molecule has 5 nitrogen and oxygen atoms in total. The molecule has 0 amide bonds. The van der Waals surface area contributed by atoms with Crippen molar-refractivity contribution in [3.63, 3.8) is 0 Å². The third-order valence-electron chi connectivity index (χ3n) is 1.13. The summed E-state index contributed by atoms with van der Waals surface area (Å²) >= 11 is 0. The maximum Gasteiger partial charge on any atom is 0.129 e. The molecule has 1 heterocycles. The lowest BCUT2D eigenvalue weighted by Crippen LogP contribution is -1.85. The topological polar surface area (TPSA) is 94.1 Å². The highest BCUT2D eigenvalue weighted by Crippen LogP contribution is 2.06. The van der Waals surface area contributed by atoms with Gasteiger partial charge in [0.15, 0.2) is 0 Å². The van der Waals surface area contributed by atoms with Crippen LogP contribution < -0.4 is 0 Å². The van der Waals surface area contributed by atoms with Crippen LogP contribution >= 0.6 is 0 Å². The van der Waals surface area contributed by atoms with E-state index in [-0.39, 0.29) is 26.4 Å². The van der Waals surface area contributed by atoms with Gasteiger partial charge in [0.05, 0.1) is 13.2 Å². The molecule has 76 valence electrons. The lowest BCUT2D eigenvalue weighted by atomic mass is 10.4. The Morgan fingerprint density at radius 3 is 1.38 bits per heavy atom. The van der Waals surface area contributed by atoms with Gasteiger partial charge < -0.3 is 24.8 Å². The van der Waals surface area contributed by atoms with Gasteiger partial charge in [-0.3, -0.25) is 0 Å². The molecular weight excluding hydrogens is 176 g/mol. The molecule has 0 saturated heterocycles. The Morgan fingerprint density at radius 1 is 0.846 bits per heavy atom. The second-order valence-corrected chi connectivity index (χ2v) is 2.13. The average molecular weight is 190 g/mol. The number of rotatable bonds is 3. The highest BCUT2D eigenvalue weighted by atomic mass is 16.4. The number of aliphatic hydroxyl groups excluding tert-OH is 4. The zero-order valence-corrected chi connectivity index (χ0v) is 7.18. The van der Waals surface area contributed by atoms with Gasteiger partial charge >= 0.3 is 0 Å². The Bertz CT molecular complexity index is 188. The minimum atomic E-state index is -0.125. The van der Waals surface area contributed by atoms with Crippen LogP contribution in [-0.2, 0) is 13.2 Å². The summed E-state index contributed by atoms with van der Waals surface area (Å²) in [5.74, 6) is 0.970. The van der Waals surface area contributed by atoms with Crippen molar-refractivity contribution in [3.8, 4) is 0 Å². The SMILES string of the molecule is OCCO.OCc1ccc(CO)o1. The predicted octanol–water partition coefficient (Wildman–Crippen LogP) is -0.765. The van der Waals surface area contributed by atoms with Crippen LogP contribution in [-0.4, -0.2) is 33.6 Å². The standard InChI is InChI=1S/C6H8O3.C2H6O2/c7-3-5-1-2-6(4-8)9-5;3-1-2-4/h1-2,7-8H,3-4H2;3-4H,1-2H2. The highest BCUT2D eigenvalue weighted by Gasteiger charge is 1.96. The molecule has 0 atom stereocenters. The van der Waals surface area contributed by atoms with Gasteiger partial charge in [-0.2, -0.15) is 0 Å². The van der Waals surface area contributed by atoms with Crippen molar-refractivity contribution < 1.29 is 24.8 Å². The van der Waals surface area contributed by atoms with Crippen LogP contribution in [0.5, 0.6) is 0 Å². The Labute approximate surface area is 75.9 Å². The van der Waals surface area contributed by atoms with Crippen molar-refractivity contribution in [2.75, 3.05) is 13.2 Å². The molecule has 0 unspecified atom stereocenters. The van der Waals surface area contributed by atoms with E-state index >= 15 is 0 Å². The Balaban J connectivity index is 0.000000310. The van der Waals surface area contributed by atoms with E-state index in [1.165, 1.54) is 0 Å². The lowest BCUT2D eigenvalue weighted by molar-refractivity contribution is 0.186. The molecule has 13 heavy (non-hydrogen) atoms. The van der Waals surface area contributed by atoms with Gasteiger partial charge in [-0.15, -0.1) is 0 Å². The van der Waals surface area contributed by atoms with Crippen LogP contribution in [0.15, 0.2) is 16.5 Å². The maximum absolute atomic E-state index is 8.47. The second-order valence-electron chi connectivity index (χ2n) is 2.13. The van der Waals surface area contributed by atoms with Gasteiger partial charge in [0.25, 0.3) is 0 Å². The number of aliphatic hydroxyl groups is 4. The first-order valence-corrected chi connectivity index (χ1v) is 3.79. The summed E-state index contributed by atoms with van der Waals surface area (Å²) in [6, 6.07) is 3.26. The molecule has 0 bridgehead atoms. The minimum Gasteiger partial charge on any atom is -0.461 e. The van der Waals surface area contributed by atoms with Crippen molar-refractivity contribution in [1.82, 2.24) is 0 Å². The first-order chi connectivity index (χ1) is 6.28. The van der Waals surface area contributed by atoms with Crippen molar-refractivity contribution in [2.45, 2.75) is 13.2 Å². The average Bonchev–Trinajstić information content (AvgIpc) is 2.66. The van der Waals surface area contributed by atoms with Crippen molar-refractivity contribution in [1.29, 1.82) is 0 Å². The van der Waals surface area contributed by atoms with Gasteiger partial charge in [0, 0.05) is 0 Å². The first-order valence-electron chi connectivity index (χ1n) is 3.79. The monoisotopic (exact) mass is 190 g/mol. The molecule has 1 rings (SSSR count). The number of furan rings is 1. The molecule has 0 aliphatic heterocycles. The molecule has 0 fully saturated rings. The summed E-state index contributed by atoms with van der Waals surface area (Å²) in [6.07, 6.45) is 0. The molecule has 0 saturated carbocycles. The maximum atomic E-state index is 8.47. The molecular formula is C8H14O5. The number of hydrogen-bond acceptors (Lipinski definition) is 5. The van der Waals surface area contributed by atoms with Crippen molar-refractivity contribution in [3.05, 3.63) is 23.7 Å². The van der Waals surface area contributed by atoms with E-state index < -0.39 is 0 Å². The van der Waals surface area contributed by atoms with E-state index in [0.717, 1.165) is 0 Å². The van der Waals surface area contributed by atoms with Crippen molar-refractivity contribution >= 4 is 0 Å². The summed E-state index contributed by atoms with van der Waals surface area (Å²) in [7, 11) is 0. The van der Waals surface area contributed by atoms with Gasteiger partial charge in [-0.1, -0.05) is 0 Å². The zero-order chi connectivity index (χ0) is 10.1. The molecule has 0 aliphatic carbocycles. The van der Waals surface area contributed by atoms with E-state index in [1.54, 1.807) is 12.1 Å². The molecule has 1 aromatic heterocycles. The summed E-state index contributed by atoms with van der Waals surface area (Å²) in [5.41, 5.74) is 0. The molecule has 4 N–H and O–H groups in total. The van der Waals surface area contributed by atoms with Crippen LogP contribution in [0.2, 0.25) is 0 Å². The summed E-state index contributed by atoms with van der Waals surface area (Å²) in [6.45, 7) is -0.472. The van der Waals surface area contributed by atoms with E-state index in [4.69, 9.17) is 24.8 Å². The second kappa shape index (κ2) is 7.75. The third-order valence-corrected chi connectivity index (χ3v) is 1.13. The van der Waals surface area contributed by atoms with Gasteiger partial charge in [-0.05, 0) is 12.1 Å². The van der Waals surface area contributed by atoms with Crippen LogP contribution in [0.3, 0.4) is 0 Å². The fraction of sp³-hybridized carbons (Fsp3) is 0.500. The molecule has 0 aliphatic rings. The van der Waals surface area contributed by atoms with Crippen LogP contribution in [0.25, 0.3) is 0 Å². The van der Waals surface area contributed by atoms with Crippen molar-refractivity contribution in [2.24, 2.45) is 0 Å². The van der Waals surface area contributed by atoms with Crippen LogP contribution in [0.1, 0.15) is 11.5 Å². The zero-order valence-electron chi connectivity index (χ0n) is 7.18. The number of hydrogen-bond donors (Lipinski definition) is 4.